The summed E-state index contributed by atoms with van der Waals surface area (Å²) < 4.78 is 5.12. The highest BCUT2D eigenvalue weighted by Gasteiger charge is 2.33. The summed E-state index contributed by atoms with van der Waals surface area (Å²) in [5, 5.41) is -0.160. The molecular formula is C23H20ClNO5. The Bertz CT molecular complexity index is 1090. The Morgan fingerprint density at radius 2 is 1.67 bits per heavy atom. The number of fused-ring (bicyclic) bond motifs is 2. The van der Waals surface area contributed by atoms with Gasteiger partial charge in [0.25, 0.3) is 5.91 Å². The molecule has 0 saturated carbocycles. The predicted octanol–water partition coefficient (Wildman–Crippen LogP) is 3.70. The molecule has 6 nitrogen and oxygen atoms in total. The lowest BCUT2D eigenvalue weighted by atomic mass is 9.83. The lowest BCUT2D eigenvalue weighted by Crippen LogP contribution is -2.35. The van der Waals surface area contributed by atoms with Crippen LogP contribution >= 0.6 is 11.6 Å². The second-order valence-corrected chi connectivity index (χ2v) is 7.37. The maximum Gasteiger partial charge on any atom is 0.340 e. The van der Waals surface area contributed by atoms with Crippen LogP contribution in [0.2, 0.25) is 5.02 Å². The standard InChI is InChI=1S/C23H20ClNO5/c1-4-25(11-13(2)3)18(26)12-30-23(29)17-10-9-16-19(20(17)24)22(28)15-8-6-5-7-14(15)21(16)27/h5-10H,2,4,11-12H2,1,3H3. The predicted molar refractivity (Wildman–Crippen MR) is 112 cm³/mol. The van der Waals surface area contributed by atoms with Gasteiger partial charge in [0.1, 0.15) is 0 Å². The second kappa shape index (κ2) is 8.63. The Hall–Kier alpha value is -3.25. The first-order valence-corrected chi connectivity index (χ1v) is 9.74. The molecule has 3 rings (SSSR count). The van der Waals surface area contributed by atoms with Crippen molar-refractivity contribution in [1.29, 1.82) is 0 Å². The third kappa shape index (κ3) is 3.91. The minimum Gasteiger partial charge on any atom is -0.452 e. The molecule has 0 atom stereocenters. The molecular weight excluding hydrogens is 406 g/mol. The number of nitrogens with zero attached hydrogens (tertiary/aromatic N) is 1. The number of rotatable bonds is 6. The molecule has 0 saturated heterocycles. The van der Waals surface area contributed by atoms with Crippen molar-refractivity contribution in [3.63, 3.8) is 0 Å². The molecule has 1 aliphatic rings. The first kappa shape index (κ1) is 21.5. The van der Waals surface area contributed by atoms with Crippen molar-refractivity contribution >= 4 is 35.0 Å². The number of carbonyl (C=O) groups is 4. The summed E-state index contributed by atoms with van der Waals surface area (Å²) in [5.74, 6) is -1.99. The Morgan fingerprint density at radius 1 is 1.03 bits per heavy atom. The van der Waals surface area contributed by atoms with E-state index in [1.54, 1.807) is 31.2 Å². The number of likely N-dealkylation sites (N-methyl/N-ethyl adjacent to an activating group) is 1. The van der Waals surface area contributed by atoms with Crippen molar-refractivity contribution < 1.29 is 23.9 Å². The number of amides is 1. The molecule has 154 valence electrons. The van der Waals surface area contributed by atoms with Gasteiger partial charge in [0, 0.05) is 29.8 Å². The lowest BCUT2D eigenvalue weighted by Gasteiger charge is -2.21. The van der Waals surface area contributed by atoms with Gasteiger partial charge in [-0.3, -0.25) is 14.4 Å². The van der Waals surface area contributed by atoms with Crippen molar-refractivity contribution in [2.24, 2.45) is 0 Å². The average Bonchev–Trinajstić information content (AvgIpc) is 2.73. The molecule has 7 heteroatoms. The zero-order valence-corrected chi connectivity index (χ0v) is 17.4. The maximum atomic E-state index is 12.9. The molecule has 0 aromatic heterocycles. The lowest BCUT2D eigenvalue weighted by molar-refractivity contribution is -0.133. The van der Waals surface area contributed by atoms with Gasteiger partial charge in [-0.2, -0.15) is 0 Å². The molecule has 30 heavy (non-hydrogen) atoms. The third-order valence-electron chi connectivity index (χ3n) is 4.77. The molecule has 0 aliphatic heterocycles. The zero-order valence-electron chi connectivity index (χ0n) is 16.7. The molecule has 1 aliphatic carbocycles. The minimum absolute atomic E-state index is 0.0291. The first-order chi connectivity index (χ1) is 14.3. The van der Waals surface area contributed by atoms with Crippen molar-refractivity contribution in [2.45, 2.75) is 13.8 Å². The van der Waals surface area contributed by atoms with Crippen LogP contribution in [0.4, 0.5) is 0 Å². The van der Waals surface area contributed by atoms with E-state index in [1.807, 2.05) is 6.92 Å². The van der Waals surface area contributed by atoms with Gasteiger partial charge >= 0.3 is 5.97 Å². The van der Waals surface area contributed by atoms with E-state index in [0.29, 0.717) is 18.7 Å². The Labute approximate surface area is 179 Å². The summed E-state index contributed by atoms with van der Waals surface area (Å²) in [6.07, 6.45) is 0. The molecule has 2 aromatic rings. The number of benzene rings is 2. The summed E-state index contributed by atoms with van der Waals surface area (Å²) >= 11 is 6.34. The highest BCUT2D eigenvalue weighted by molar-refractivity contribution is 6.41. The van der Waals surface area contributed by atoms with Crippen LogP contribution in [0.25, 0.3) is 0 Å². The SMILES string of the molecule is C=C(C)CN(CC)C(=O)COC(=O)c1ccc2c(c1Cl)C(=O)c1ccccc1C2=O. The average molecular weight is 426 g/mol. The number of esters is 1. The number of halogens is 1. The van der Waals surface area contributed by atoms with Gasteiger partial charge in [-0.05, 0) is 26.0 Å². The van der Waals surface area contributed by atoms with Crippen LogP contribution in [0.1, 0.15) is 56.0 Å². The molecule has 0 heterocycles. The van der Waals surface area contributed by atoms with Gasteiger partial charge in [0.05, 0.1) is 16.1 Å². The van der Waals surface area contributed by atoms with E-state index >= 15 is 0 Å². The summed E-state index contributed by atoms with van der Waals surface area (Å²) in [4.78, 5) is 51.9. The number of hydrogen-bond donors (Lipinski definition) is 0. The Morgan fingerprint density at radius 3 is 2.27 bits per heavy atom. The number of ether oxygens (including phenoxy) is 1. The van der Waals surface area contributed by atoms with E-state index < -0.39 is 18.4 Å². The summed E-state index contributed by atoms with van der Waals surface area (Å²) in [7, 11) is 0. The van der Waals surface area contributed by atoms with Gasteiger partial charge in [-0.15, -0.1) is 0 Å². The van der Waals surface area contributed by atoms with Gasteiger partial charge in [-0.1, -0.05) is 48.0 Å². The minimum atomic E-state index is -0.846. The van der Waals surface area contributed by atoms with E-state index in [4.69, 9.17) is 16.3 Å². The number of hydrogen-bond acceptors (Lipinski definition) is 5. The van der Waals surface area contributed by atoms with Crippen molar-refractivity contribution in [3.8, 4) is 0 Å². The van der Waals surface area contributed by atoms with Gasteiger partial charge < -0.3 is 9.64 Å². The normalized spacial score (nSPS) is 12.1. The molecule has 0 bridgehead atoms. The van der Waals surface area contributed by atoms with E-state index in [0.717, 1.165) is 5.57 Å². The molecule has 0 fully saturated rings. The number of carbonyl (C=O) groups excluding carboxylic acids is 4. The highest BCUT2D eigenvalue weighted by atomic mass is 35.5. The molecule has 0 spiro atoms. The first-order valence-electron chi connectivity index (χ1n) is 9.36. The van der Waals surface area contributed by atoms with Crippen LogP contribution < -0.4 is 0 Å². The van der Waals surface area contributed by atoms with E-state index in [-0.39, 0.29) is 39.0 Å². The Balaban J connectivity index is 1.84. The van der Waals surface area contributed by atoms with Crippen molar-refractivity contribution in [3.05, 3.63) is 81.4 Å². The van der Waals surface area contributed by atoms with Gasteiger partial charge in [0.15, 0.2) is 18.2 Å². The van der Waals surface area contributed by atoms with Crippen LogP contribution in [0.5, 0.6) is 0 Å². The molecule has 0 unspecified atom stereocenters. The molecule has 1 amide bonds. The smallest absolute Gasteiger partial charge is 0.340 e. The van der Waals surface area contributed by atoms with Crippen molar-refractivity contribution in [2.75, 3.05) is 19.7 Å². The summed E-state index contributed by atoms with van der Waals surface area (Å²) in [5.41, 5.74) is 1.36. The van der Waals surface area contributed by atoms with Crippen LogP contribution in [-0.2, 0) is 9.53 Å². The topological polar surface area (TPSA) is 80.8 Å². The maximum absolute atomic E-state index is 12.9. The second-order valence-electron chi connectivity index (χ2n) is 6.99. The Kier molecular flexibility index (Phi) is 6.17. The van der Waals surface area contributed by atoms with Gasteiger partial charge in [-0.25, -0.2) is 4.79 Å². The van der Waals surface area contributed by atoms with Crippen LogP contribution in [0.3, 0.4) is 0 Å². The fraction of sp³-hybridized carbons (Fsp3) is 0.217. The molecule has 0 radical (unpaired) electrons. The van der Waals surface area contributed by atoms with E-state index in [2.05, 4.69) is 6.58 Å². The largest absolute Gasteiger partial charge is 0.452 e. The number of ketones is 2. The third-order valence-corrected chi connectivity index (χ3v) is 5.16. The highest BCUT2D eigenvalue weighted by Crippen LogP contribution is 2.34. The monoisotopic (exact) mass is 425 g/mol. The van der Waals surface area contributed by atoms with Crippen molar-refractivity contribution in [1.82, 2.24) is 4.90 Å². The zero-order chi connectivity index (χ0) is 22.0. The summed E-state index contributed by atoms with van der Waals surface area (Å²) in [6, 6.07) is 9.15. The van der Waals surface area contributed by atoms with Crippen LogP contribution in [-0.4, -0.2) is 48.0 Å². The molecule has 2 aromatic carbocycles. The quantitative estimate of drug-likeness (QED) is 0.444. The van der Waals surface area contributed by atoms with E-state index in [9.17, 15) is 19.2 Å². The van der Waals surface area contributed by atoms with Crippen LogP contribution in [0, 0.1) is 0 Å². The van der Waals surface area contributed by atoms with Crippen LogP contribution in [0.15, 0.2) is 48.6 Å². The summed E-state index contributed by atoms with van der Waals surface area (Å²) in [6.45, 7) is 7.72. The fourth-order valence-electron chi connectivity index (χ4n) is 3.30. The van der Waals surface area contributed by atoms with E-state index in [1.165, 1.54) is 17.0 Å². The fourth-order valence-corrected chi connectivity index (χ4v) is 3.63. The molecule has 0 N–H and O–H groups in total. The van der Waals surface area contributed by atoms with Gasteiger partial charge in [0.2, 0.25) is 0 Å².